The number of aromatic nitrogens is 2. The van der Waals surface area contributed by atoms with Gasteiger partial charge in [0.15, 0.2) is 0 Å². The number of anilines is 1. The zero-order valence-electron chi connectivity index (χ0n) is 16.4. The fraction of sp³-hybridized carbons (Fsp3) is 0.650. The van der Waals surface area contributed by atoms with Gasteiger partial charge in [0.2, 0.25) is 5.91 Å². The number of nitrogens with one attached hydrogen (secondary N) is 2. The quantitative estimate of drug-likeness (QED) is 0.847. The lowest BCUT2D eigenvalue weighted by Gasteiger charge is -2.34. The summed E-state index contributed by atoms with van der Waals surface area (Å²) in [5.74, 6) is 1.39. The maximum absolute atomic E-state index is 12.7. The van der Waals surface area contributed by atoms with Crippen LogP contribution in [0.15, 0.2) is 6.33 Å². The summed E-state index contributed by atoms with van der Waals surface area (Å²) >= 11 is 1.73. The number of aryl methyl sites for hydroxylation is 2. The number of thiophene rings is 1. The maximum atomic E-state index is 12.7. The van der Waals surface area contributed by atoms with Crippen LogP contribution in [0.25, 0.3) is 10.2 Å². The lowest BCUT2D eigenvalue weighted by Crippen LogP contribution is -2.49. The van der Waals surface area contributed by atoms with E-state index in [-0.39, 0.29) is 11.8 Å². The van der Waals surface area contributed by atoms with Crippen LogP contribution < -0.4 is 15.5 Å². The molecule has 27 heavy (non-hydrogen) atoms. The van der Waals surface area contributed by atoms with Crippen LogP contribution in [0.2, 0.25) is 0 Å². The first-order chi connectivity index (χ1) is 13.0. The average Bonchev–Trinajstić information content (AvgIpc) is 2.96. The van der Waals surface area contributed by atoms with E-state index in [1.165, 1.54) is 15.8 Å². The molecule has 146 valence electrons. The molecule has 2 N–H and O–H groups in total. The maximum Gasteiger partial charge on any atom is 0.223 e. The third-order valence-corrected chi connectivity index (χ3v) is 7.20. The number of rotatable bonds is 3. The predicted molar refractivity (Wildman–Crippen MR) is 110 cm³/mol. The van der Waals surface area contributed by atoms with Crippen molar-refractivity contribution in [1.29, 1.82) is 0 Å². The molecule has 2 aromatic rings. The van der Waals surface area contributed by atoms with Crippen LogP contribution >= 0.6 is 11.3 Å². The molecule has 4 heterocycles. The van der Waals surface area contributed by atoms with E-state index in [2.05, 4.69) is 46.3 Å². The van der Waals surface area contributed by atoms with Gasteiger partial charge in [-0.3, -0.25) is 4.79 Å². The van der Waals surface area contributed by atoms with Crippen LogP contribution in [0.1, 0.15) is 43.0 Å². The number of fused-ring (bicyclic) bond motifs is 1. The van der Waals surface area contributed by atoms with E-state index < -0.39 is 0 Å². The zero-order chi connectivity index (χ0) is 19.0. The van der Waals surface area contributed by atoms with Crippen molar-refractivity contribution in [2.24, 2.45) is 5.92 Å². The lowest BCUT2D eigenvalue weighted by molar-refractivity contribution is -0.126. The van der Waals surface area contributed by atoms with Gasteiger partial charge < -0.3 is 15.5 Å². The Morgan fingerprint density at radius 1 is 1.26 bits per heavy atom. The summed E-state index contributed by atoms with van der Waals surface area (Å²) in [6.45, 7) is 9.23. The van der Waals surface area contributed by atoms with Gasteiger partial charge >= 0.3 is 0 Å². The van der Waals surface area contributed by atoms with Crippen LogP contribution in [0.3, 0.4) is 0 Å². The minimum atomic E-state index is 0.120. The standard InChI is InChI=1S/C20H29N5OS/c1-12-10-16(4-7-21-12)24-19(26)15-5-8-25(9-6-15)18-17-13(2)14(3)27-20(17)23-11-22-18/h11-12,15-16,21H,4-10H2,1-3H3,(H,24,26). The molecule has 0 saturated carbocycles. The average molecular weight is 388 g/mol. The highest BCUT2D eigenvalue weighted by Gasteiger charge is 2.29. The number of hydrogen-bond donors (Lipinski definition) is 2. The molecule has 2 aromatic heterocycles. The molecule has 1 amide bonds. The molecule has 0 radical (unpaired) electrons. The molecular weight excluding hydrogens is 358 g/mol. The Balaban J connectivity index is 1.40. The number of carbonyl (C=O) groups excluding carboxylic acids is 1. The fourth-order valence-electron chi connectivity index (χ4n) is 4.34. The van der Waals surface area contributed by atoms with E-state index in [1.807, 2.05) is 0 Å². The van der Waals surface area contributed by atoms with Gasteiger partial charge in [0.1, 0.15) is 17.0 Å². The van der Waals surface area contributed by atoms with E-state index in [0.717, 1.165) is 56.0 Å². The first-order valence-electron chi connectivity index (χ1n) is 10.0. The van der Waals surface area contributed by atoms with E-state index in [0.29, 0.717) is 12.1 Å². The van der Waals surface area contributed by atoms with Crippen LogP contribution in [-0.4, -0.2) is 47.6 Å². The summed E-state index contributed by atoms with van der Waals surface area (Å²) < 4.78 is 0. The smallest absolute Gasteiger partial charge is 0.223 e. The van der Waals surface area contributed by atoms with Crippen molar-refractivity contribution in [2.75, 3.05) is 24.5 Å². The minimum absolute atomic E-state index is 0.120. The summed E-state index contributed by atoms with van der Waals surface area (Å²) in [7, 11) is 0. The number of amides is 1. The van der Waals surface area contributed by atoms with Gasteiger partial charge in [0.25, 0.3) is 0 Å². The molecule has 0 aliphatic carbocycles. The molecule has 6 nitrogen and oxygen atoms in total. The number of nitrogens with zero attached hydrogens (tertiary/aromatic N) is 3. The first kappa shape index (κ1) is 18.6. The summed E-state index contributed by atoms with van der Waals surface area (Å²) in [5, 5.41) is 7.92. The van der Waals surface area contributed by atoms with E-state index >= 15 is 0 Å². The molecular formula is C20H29N5OS. The monoisotopic (exact) mass is 387 g/mol. The van der Waals surface area contributed by atoms with Gasteiger partial charge in [-0.15, -0.1) is 11.3 Å². The second-order valence-electron chi connectivity index (χ2n) is 8.01. The Bertz CT molecular complexity index is 827. The van der Waals surface area contributed by atoms with Crippen molar-refractivity contribution < 1.29 is 4.79 Å². The first-order valence-corrected chi connectivity index (χ1v) is 10.8. The van der Waals surface area contributed by atoms with Gasteiger partial charge in [-0.2, -0.15) is 0 Å². The molecule has 2 fully saturated rings. The molecule has 2 atom stereocenters. The van der Waals surface area contributed by atoms with Gasteiger partial charge in [-0.1, -0.05) is 0 Å². The van der Waals surface area contributed by atoms with E-state index in [4.69, 9.17) is 0 Å². The third kappa shape index (κ3) is 3.80. The molecule has 2 aliphatic rings. The lowest BCUT2D eigenvalue weighted by atomic mass is 9.94. The topological polar surface area (TPSA) is 70.2 Å². The van der Waals surface area contributed by atoms with Gasteiger partial charge in [-0.25, -0.2) is 9.97 Å². The van der Waals surface area contributed by atoms with Crippen LogP contribution in [0.4, 0.5) is 5.82 Å². The minimum Gasteiger partial charge on any atom is -0.356 e. The van der Waals surface area contributed by atoms with Gasteiger partial charge in [-0.05, 0) is 58.6 Å². The molecule has 2 saturated heterocycles. The highest BCUT2D eigenvalue weighted by molar-refractivity contribution is 7.18. The SMILES string of the molecule is Cc1sc2ncnc(N3CCC(C(=O)NC4CCNC(C)C4)CC3)c2c1C. The predicted octanol–water partition coefficient (Wildman–Crippen LogP) is 2.78. The van der Waals surface area contributed by atoms with Crippen molar-refractivity contribution in [1.82, 2.24) is 20.6 Å². The van der Waals surface area contributed by atoms with E-state index in [9.17, 15) is 4.79 Å². The third-order valence-electron chi connectivity index (χ3n) is 6.08. The normalized spacial score (nSPS) is 24.3. The van der Waals surface area contributed by atoms with Crippen molar-refractivity contribution in [3.05, 3.63) is 16.8 Å². The largest absolute Gasteiger partial charge is 0.356 e. The van der Waals surface area contributed by atoms with Gasteiger partial charge in [0, 0.05) is 36.0 Å². The molecule has 2 unspecified atom stereocenters. The Labute approximate surface area is 164 Å². The molecule has 4 rings (SSSR count). The molecule has 0 aromatic carbocycles. The Morgan fingerprint density at radius 3 is 2.78 bits per heavy atom. The summed E-state index contributed by atoms with van der Waals surface area (Å²) in [5.41, 5.74) is 1.28. The van der Waals surface area contributed by atoms with E-state index in [1.54, 1.807) is 17.7 Å². The highest BCUT2D eigenvalue weighted by atomic mass is 32.1. The molecule has 7 heteroatoms. The second-order valence-corrected chi connectivity index (χ2v) is 9.21. The summed E-state index contributed by atoms with van der Waals surface area (Å²) in [4.78, 5) is 26.4. The zero-order valence-corrected chi connectivity index (χ0v) is 17.2. The van der Waals surface area contributed by atoms with Crippen molar-refractivity contribution in [3.8, 4) is 0 Å². The highest BCUT2D eigenvalue weighted by Crippen LogP contribution is 2.35. The van der Waals surface area contributed by atoms with Crippen molar-refractivity contribution in [2.45, 2.75) is 58.5 Å². The Hall–Kier alpha value is -1.73. The molecule has 0 spiro atoms. The van der Waals surface area contributed by atoms with Crippen molar-refractivity contribution in [3.63, 3.8) is 0 Å². The van der Waals surface area contributed by atoms with Gasteiger partial charge in [0.05, 0.1) is 5.39 Å². The van der Waals surface area contributed by atoms with Crippen LogP contribution in [0.5, 0.6) is 0 Å². The van der Waals surface area contributed by atoms with Crippen molar-refractivity contribution >= 4 is 33.3 Å². The van der Waals surface area contributed by atoms with Crippen LogP contribution in [0, 0.1) is 19.8 Å². The molecule has 0 bridgehead atoms. The Kier molecular flexibility index (Phi) is 5.32. The van der Waals surface area contributed by atoms with Crippen LogP contribution in [-0.2, 0) is 4.79 Å². The molecule has 2 aliphatic heterocycles. The number of piperidine rings is 2. The second kappa shape index (κ2) is 7.72. The number of hydrogen-bond acceptors (Lipinski definition) is 6. The fourth-order valence-corrected chi connectivity index (χ4v) is 5.33. The summed E-state index contributed by atoms with van der Waals surface area (Å²) in [6, 6.07) is 0.813. The summed E-state index contributed by atoms with van der Waals surface area (Å²) in [6.07, 6.45) is 5.51. The Morgan fingerprint density at radius 2 is 2.04 bits per heavy atom. The number of carbonyl (C=O) groups is 1.